The smallest absolute Gasteiger partial charge is 0.105 e. The van der Waals surface area contributed by atoms with Gasteiger partial charge in [-0.05, 0) is 18.5 Å². The van der Waals surface area contributed by atoms with Crippen molar-refractivity contribution < 1.29 is 4.74 Å². The Labute approximate surface area is 102 Å². The molecule has 0 aromatic heterocycles. The van der Waals surface area contributed by atoms with Gasteiger partial charge >= 0.3 is 0 Å². The Bertz CT molecular complexity index is 378. The van der Waals surface area contributed by atoms with Crippen molar-refractivity contribution in [2.45, 2.75) is 25.0 Å². The molecule has 0 amide bonds. The molecule has 0 saturated carbocycles. The number of nitrogens with two attached hydrogens (primary N) is 2. The molecule has 4 heteroatoms. The summed E-state index contributed by atoms with van der Waals surface area (Å²) in [5.41, 5.74) is 12.6. The third kappa shape index (κ3) is 3.05. The fourth-order valence-electron chi connectivity index (χ4n) is 2.09. The Morgan fingerprint density at radius 3 is 2.76 bits per heavy atom. The summed E-state index contributed by atoms with van der Waals surface area (Å²) in [6, 6.07) is 10.2. The molecule has 0 radical (unpaired) electrons. The zero-order valence-electron chi connectivity index (χ0n) is 9.88. The number of amidine groups is 1. The van der Waals surface area contributed by atoms with Crippen LogP contribution in [0.25, 0.3) is 0 Å². The van der Waals surface area contributed by atoms with Crippen LogP contribution in [0.5, 0.6) is 0 Å². The summed E-state index contributed by atoms with van der Waals surface area (Å²) in [7, 11) is 0. The Kier molecular flexibility index (Phi) is 4.12. The first-order valence-electron chi connectivity index (χ1n) is 6.00. The number of rotatable bonds is 3. The van der Waals surface area contributed by atoms with E-state index in [2.05, 4.69) is 17.1 Å². The van der Waals surface area contributed by atoms with Crippen LogP contribution in [0.4, 0.5) is 0 Å². The average Bonchev–Trinajstić information content (AvgIpc) is 2.52. The van der Waals surface area contributed by atoms with Crippen molar-refractivity contribution >= 4 is 5.84 Å². The molecule has 2 atom stereocenters. The van der Waals surface area contributed by atoms with Gasteiger partial charge in [0.1, 0.15) is 6.10 Å². The highest BCUT2D eigenvalue weighted by Crippen LogP contribution is 2.27. The van der Waals surface area contributed by atoms with Gasteiger partial charge in [0, 0.05) is 6.42 Å². The van der Waals surface area contributed by atoms with Gasteiger partial charge in [0.05, 0.1) is 18.5 Å². The fourth-order valence-corrected chi connectivity index (χ4v) is 2.09. The molecule has 0 aliphatic carbocycles. The van der Waals surface area contributed by atoms with E-state index in [4.69, 9.17) is 16.2 Å². The molecule has 0 fully saturated rings. The number of aliphatic imine (C=N–C) groups is 1. The molecular weight excluding hydrogens is 214 g/mol. The lowest BCUT2D eigenvalue weighted by atomic mass is 10.00. The minimum absolute atomic E-state index is 0.0270. The van der Waals surface area contributed by atoms with E-state index in [1.807, 2.05) is 18.2 Å². The molecule has 92 valence electrons. The quantitative estimate of drug-likeness (QED) is 0.824. The van der Waals surface area contributed by atoms with Gasteiger partial charge in [-0.2, -0.15) is 0 Å². The van der Waals surface area contributed by atoms with Crippen molar-refractivity contribution in [3.05, 3.63) is 35.9 Å². The maximum atomic E-state index is 5.87. The molecule has 1 aliphatic heterocycles. The second-order valence-electron chi connectivity index (χ2n) is 4.22. The Morgan fingerprint density at radius 1 is 1.29 bits per heavy atom. The maximum absolute atomic E-state index is 5.87. The van der Waals surface area contributed by atoms with E-state index in [0.29, 0.717) is 25.4 Å². The second kappa shape index (κ2) is 5.80. The van der Waals surface area contributed by atoms with Gasteiger partial charge < -0.3 is 16.2 Å². The Hall–Kier alpha value is -1.39. The summed E-state index contributed by atoms with van der Waals surface area (Å²) in [6.07, 6.45) is 1.46. The van der Waals surface area contributed by atoms with Crippen LogP contribution in [-0.4, -0.2) is 25.0 Å². The highest BCUT2D eigenvalue weighted by molar-refractivity contribution is 5.80. The summed E-state index contributed by atoms with van der Waals surface area (Å²) in [5.74, 6) is 0.668. The van der Waals surface area contributed by atoms with Gasteiger partial charge in [0.25, 0.3) is 0 Å². The monoisotopic (exact) mass is 233 g/mol. The van der Waals surface area contributed by atoms with Crippen LogP contribution in [0.15, 0.2) is 35.3 Å². The van der Waals surface area contributed by atoms with E-state index >= 15 is 0 Å². The standard InChI is InChI=1S/C13H19N3O/c14-8-6-11-13(10-4-2-1-3-5-10)17-9-7-12(15)16-11/h1-5,11,13H,6-9,14H2,(H2,15,16). The normalized spacial score (nSPS) is 25.1. The van der Waals surface area contributed by atoms with Gasteiger partial charge in [0.15, 0.2) is 0 Å². The Balaban J connectivity index is 2.23. The SMILES string of the molecule is NCCC1N=C(N)CCOC1c1ccccc1. The number of nitrogens with zero attached hydrogens (tertiary/aromatic N) is 1. The molecule has 2 rings (SSSR count). The molecule has 4 N–H and O–H groups in total. The lowest BCUT2D eigenvalue weighted by Crippen LogP contribution is -2.23. The number of ether oxygens (including phenoxy) is 1. The molecule has 4 nitrogen and oxygen atoms in total. The average molecular weight is 233 g/mol. The Morgan fingerprint density at radius 2 is 2.06 bits per heavy atom. The topological polar surface area (TPSA) is 73.6 Å². The highest BCUT2D eigenvalue weighted by atomic mass is 16.5. The van der Waals surface area contributed by atoms with E-state index in [1.165, 1.54) is 0 Å². The molecule has 1 aromatic carbocycles. The fraction of sp³-hybridized carbons (Fsp3) is 0.462. The number of hydrogen-bond donors (Lipinski definition) is 2. The predicted octanol–water partition coefficient (Wildman–Crippen LogP) is 1.22. The van der Waals surface area contributed by atoms with Crippen molar-refractivity contribution in [2.24, 2.45) is 16.5 Å². The van der Waals surface area contributed by atoms with Crippen LogP contribution in [0.3, 0.4) is 0 Å². The largest absolute Gasteiger partial charge is 0.387 e. The summed E-state index contributed by atoms with van der Waals surface area (Å²) >= 11 is 0. The zero-order chi connectivity index (χ0) is 12.1. The third-order valence-corrected chi connectivity index (χ3v) is 2.93. The minimum Gasteiger partial charge on any atom is -0.387 e. The second-order valence-corrected chi connectivity index (χ2v) is 4.22. The number of hydrogen-bond acceptors (Lipinski definition) is 4. The molecule has 0 spiro atoms. The van der Waals surface area contributed by atoms with Gasteiger partial charge in [-0.25, -0.2) is 0 Å². The molecular formula is C13H19N3O. The van der Waals surface area contributed by atoms with Gasteiger partial charge in [-0.3, -0.25) is 4.99 Å². The highest BCUT2D eigenvalue weighted by Gasteiger charge is 2.25. The zero-order valence-corrected chi connectivity index (χ0v) is 9.88. The van der Waals surface area contributed by atoms with Gasteiger partial charge in [-0.1, -0.05) is 30.3 Å². The molecule has 17 heavy (non-hydrogen) atoms. The van der Waals surface area contributed by atoms with Crippen LogP contribution in [0, 0.1) is 0 Å². The van der Waals surface area contributed by atoms with E-state index in [0.717, 1.165) is 12.0 Å². The minimum atomic E-state index is -0.0270. The molecule has 0 saturated heterocycles. The van der Waals surface area contributed by atoms with Crippen LogP contribution < -0.4 is 11.5 Å². The van der Waals surface area contributed by atoms with E-state index in [-0.39, 0.29) is 12.1 Å². The summed E-state index contributed by atoms with van der Waals surface area (Å²) in [4.78, 5) is 4.51. The summed E-state index contributed by atoms with van der Waals surface area (Å²) < 4.78 is 5.87. The van der Waals surface area contributed by atoms with Crippen molar-refractivity contribution in [3.8, 4) is 0 Å². The van der Waals surface area contributed by atoms with Crippen LogP contribution >= 0.6 is 0 Å². The number of benzene rings is 1. The van der Waals surface area contributed by atoms with Crippen molar-refractivity contribution in [2.75, 3.05) is 13.2 Å². The predicted molar refractivity (Wildman–Crippen MR) is 68.8 cm³/mol. The summed E-state index contributed by atoms with van der Waals surface area (Å²) in [6.45, 7) is 1.21. The van der Waals surface area contributed by atoms with E-state index in [1.54, 1.807) is 0 Å². The first-order chi connectivity index (χ1) is 8.31. The van der Waals surface area contributed by atoms with E-state index < -0.39 is 0 Å². The molecule has 0 bridgehead atoms. The summed E-state index contributed by atoms with van der Waals surface area (Å²) in [5, 5.41) is 0. The van der Waals surface area contributed by atoms with Crippen LogP contribution in [0.1, 0.15) is 24.5 Å². The van der Waals surface area contributed by atoms with E-state index in [9.17, 15) is 0 Å². The van der Waals surface area contributed by atoms with Gasteiger partial charge in [0.2, 0.25) is 0 Å². The van der Waals surface area contributed by atoms with Crippen molar-refractivity contribution in [3.63, 3.8) is 0 Å². The molecule has 1 aromatic rings. The molecule has 1 heterocycles. The first kappa shape index (κ1) is 12.1. The van der Waals surface area contributed by atoms with Crippen LogP contribution in [-0.2, 0) is 4.74 Å². The molecule has 2 unspecified atom stereocenters. The maximum Gasteiger partial charge on any atom is 0.105 e. The lowest BCUT2D eigenvalue weighted by Gasteiger charge is -2.22. The van der Waals surface area contributed by atoms with Gasteiger partial charge in [-0.15, -0.1) is 0 Å². The third-order valence-electron chi connectivity index (χ3n) is 2.93. The van der Waals surface area contributed by atoms with Crippen molar-refractivity contribution in [1.29, 1.82) is 0 Å². The van der Waals surface area contributed by atoms with Crippen LogP contribution in [0.2, 0.25) is 0 Å². The first-order valence-corrected chi connectivity index (χ1v) is 6.00. The van der Waals surface area contributed by atoms with Crippen molar-refractivity contribution in [1.82, 2.24) is 0 Å². The molecule has 1 aliphatic rings. The lowest BCUT2D eigenvalue weighted by molar-refractivity contribution is 0.0430.